The topological polar surface area (TPSA) is 64.4 Å². The quantitative estimate of drug-likeness (QED) is 0.398. The van der Waals surface area contributed by atoms with Crippen molar-refractivity contribution in [2.45, 2.75) is 6.18 Å². The second-order valence-electron chi connectivity index (χ2n) is 6.82. The number of carbonyl (C=O) groups excluding carboxylic acids is 1. The van der Waals surface area contributed by atoms with Crippen molar-refractivity contribution < 1.29 is 27.1 Å². The van der Waals surface area contributed by atoms with Crippen LogP contribution in [-0.2, 0) is 6.18 Å². The Kier molecular flexibility index (Phi) is 5.68. The molecule has 1 amide bonds. The smallest absolute Gasteiger partial charge is 0.451 e. The van der Waals surface area contributed by atoms with Crippen LogP contribution in [0.5, 0.6) is 5.75 Å². The lowest BCUT2D eigenvalue weighted by Crippen LogP contribution is -2.11. The number of oxazole rings is 1. The molecule has 162 valence electrons. The van der Waals surface area contributed by atoms with Crippen molar-refractivity contribution in [2.24, 2.45) is 0 Å². The van der Waals surface area contributed by atoms with E-state index >= 15 is 0 Å². The van der Waals surface area contributed by atoms with Crippen LogP contribution in [0.4, 0.5) is 18.9 Å². The molecule has 32 heavy (non-hydrogen) atoms. The maximum Gasteiger partial charge on any atom is 0.451 e. The summed E-state index contributed by atoms with van der Waals surface area (Å²) in [4.78, 5) is 16.5. The van der Waals surface area contributed by atoms with E-state index in [-0.39, 0.29) is 17.5 Å². The van der Waals surface area contributed by atoms with Crippen LogP contribution in [0.25, 0.3) is 22.7 Å². The zero-order valence-electron chi connectivity index (χ0n) is 16.8. The van der Waals surface area contributed by atoms with Crippen molar-refractivity contribution in [1.82, 2.24) is 4.98 Å². The van der Waals surface area contributed by atoms with Gasteiger partial charge in [-0.1, -0.05) is 30.3 Å². The molecule has 0 aliphatic carbocycles. The summed E-state index contributed by atoms with van der Waals surface area (Å²) in [5.41, 5.74) is 1.29. The highest BCUT2D eigenvalue weighted by atomic mass is 19.4. The Morgan fingerprint density at radius 3 is 2.16 bits per heavy atom. The number of alkyl halides is 3. The molecule has 0 saturated heterocycles. The standard InChI is InChI=1S/C24H17F3N2O3/c1-31-19-13-9-16(10-14-19)22(30)28-18-11-7-17(8-12-18)23-29-20(15-5-3-2-4-6-15)21(32-23)24(25,26)27/h2-14H,1H3,(H,28,30). The molecule has 1 N–H and O–H groups in total. The molecule has 4 aromatic rings. The van der Waals surface area contributed by atoms with Gasteiger partial charge in [0.05, 0.1) is 7.11 Å². The van der Waals surface area contributed by atoms with E-state index in [2.05, 4.69) is 10.3 Å². The Morgan fingerprint density at radius 2 is 1.56 bits per heavy atom. The number of methoxy groups -OCH3 is 1. The number of benzene rings is 3. The number of halogens is 3. The third-order valence-corrected chi connectivity index (χ3v) is 4.67. The van der Waals surface area contributed by atoms with Crippen molar-refractivity contribution >= 4 is 11.6 Å². The number of nitrogens with zero attached hydrogens (tertiary/aromatic N) is 1. The third kappa shape index (κ3) is 4.49. The number of nitrogens with one attached hydrogen (secondary N) is 1. The number of rotatable bonds is 5. The third-order valence-electron chi connectivity index (χ3n) is 4.67. The maximum atomic E-state index is 13.5. The number of anilines is 1. The molecule has 1 aromatic heterocycles. The van der Waals surface area contributed by atoms with Gasteiger partial charge in [0.25, 0.3) is 5.91 Å². The number of ether oxygens (including phenoxy) is 1. The molecule has 8 heteroatoms. The number of aromatic nitrogens is 1. The summed E-state index contributed by atoms with van der Waals surface area (Å²) >= 11 is 0. The monoisotopic (exact) mass is 438 g/mol. The number of hydrogen-bond donors (Lipinski definition) is 1. The Morgan fingerprint density at radius 1 is 0.906 bits per heavy atom. The maximum absolute atomic E-state index is 13.5. The summed E-state index contributed by atoms with van der Waals surface area (Å²) in [6.07, 6.45) is -4.69. The van der Waals surface area contributed by atoms with Crippen molar-refractivity contribution in [3.05, 3.63) is 90.2 Å². The SMILES string of the molecule is COc1ccc(C(=O)Nc2ccc(-c3nc(-c4ccccc4)c(C(F)(F)F)o3)cc2)cc1. The fourth-order valence-corrected chi connectivity index (χ4v) is 3.07. The largest absolute Gasteiger partial charge is 0.497 e. The van der Waals surface area contributed by atoms with E-state index in [0.29, 0.717) is 28.1 Å². The zero-order chi connectivity index (χ0) is 22.7. The molecule has 0 aliphatic rings. The van der Waals surface area contributed by atoms with Crippen LogP contribution in [0.3, 0.4) is 0 Å². The summed E-state index contributed by atoms with van der Waals surface area (Å²) in [7, 11) is 1.53. The van der Waals surface area contributed by atoms with Gasteiger partial charge >= 0.3 is 6.18 Å². The van der Waals surface area contributed by atoms with E-state index in [1.165, 1.54) is 31.4 Å². The first kappa shape index (κ1) is 21.2. The Labute approximate surface area is 181 Å². The minimum absolute atomic E-state index is 0.163. The van der Waals surface area contributed by atoms with Gasteiger partial charge in [-0.25, -0.2) is 4.98 Å². The van der Waals surface area contributed by atoms with E-state index in [1.54, 1.807) is 54.6 Å². The predicted octanol–water partition coefficient (Wildman–Crippen LogP) is 6.29. The van der Waals surface area contributed by atoms with E-state index in [9.17, 15) is 18.0 Å². The van der Waals surface area contributed by atoms with Gasteiger partial charge in [-0.2, -0.15) is 13.2 Å². The lowest BCUT2D eigenvalue weighted by molar-refractivity contribution is -0.152. The highest BCUT2D eigenvalue weighted by Gasteiger charge is 2.40. The van der Waals surface area contributed by atoms with Gasteiger partial charge in [0.1, 0.15) is 11.4 Å². The second kappa shape index (κ2) is 8.58. The number of hydrogen-bond acceptors (Lipinski definition) is 4. The Balaban J connectivity index is 1.57. The van der Waals surface area contributed by atoms with Crippen LogP contribution in [-0.4, -0.2) is 18.0 Å². The van der Waals surface area contributed by atoms with Crippen molar-refractivity contribution in [3.8, 4) is 28.5 Å². The summed E-state index contributed by atoms with van der Waals surface area (Å²) in [6, 6.07) is 20.8. The molecule has 5 nitrogen and oxygen atoms in total. The average Bonchev–Trinajstić information content (AvgIpc) is 3.26. The van der Waals surface area contributed by atoms with Crippen LogP contribution < -0.4 is 10.1 Å². The molecule has 0 unspecified atom stereocenters. The van der Waals surface area contributed by atoms with Gasteiger partial charge in [0.15, 0.2) is 0 Å². The summed E-state index contributed by atoms with van der Waals surface area (Å²) in [5, 5.41) is 2.73. The molecule has 0 aliphatic heterocycles. The summed E-state index contributed by atoms with van der Waals surface area (Å²) in [6.45, 7) is 0. The minimum atomic E-state index is -4.69. The minimum Gasteiger partial charge on any atom is -0.497 e. The first-order chi connectivity index (χ1) is 15.3. The normalized spacial score (nSPS) is 11.2. The van der Waals surface area contributed by atoms with Crippen LogP contribution in [0, 0.1) is 0 Å². The van der Waals surface area contributed by atoms with Gasteiger partial charge in [-0.15, -0.1) is 0 Å². The van der Waals surface area contributed by atoms with Crippen LogP contribution in [0.15, 0.2) is 83.3 Å². The fourth-order valence-electron chi connectivity index (χ4n) is 3.07. The Bertz CT molecular complexity index is 1220. The van der Waals surface area contributed by atoms with Gasteiger partial charge in [-0.05, 0) is 48.5 Å². The van der Waals surface area contributed by atoms with E-state index in [0.717, 1.165) is 0 Å². The fraction of sp³-hybridized carbons (Fsp3) is 0.0833. The highest BCUT2D eigenvalue weighted by molar-refractivity contribution is 6.04. The van der Waals surface area contributed by atoms with E-state index < -0.39 is 11.9 Å². The lowest BCUT2D eigenvalue weighted by Gasteiger charge is -2.06. The molecular weight excluding hydrogens is 421 g/mol. The highest BCUT2D eigenvalue weighted by Crippen LogP contribution is 2.39. The van der Waals surface area contributed by atoms with Gasteiger partial charge in [0, 0.05) is 22.4 Å². The summed E-state index contributed by atoms with van der Waals surface area (Å²) in [5.74, 6) is -1.02. The molecule has 0 radical (unpaired) electrons. The van der Waals surface area contributed by atoms with Gasteiger partial charge in [-0.3, -0.25) is 4.79 Å². The van der Waals surface area contributed by atoms with Gasteiger partial charge < -0.3 is 14.5 Å². The predicted molar refractivity (Wildman–Crippen MR) is 113 cm³/mol. The molecule has 0 bridgehead atoms. The van der Waals surface area contributed by atoms with Crippen molar-refractivity contribution in [3.63, 3.8) is 0 Å². The van der Waals surface area contributed by atoms with E-state index in [4.69, 9.17) is 9.15 Å². The number of amides is 1. The van der Waals surface area contributed by atoms with Gasteiger partial charge in [0.2, 0.25) is 11.7 Å². The lowest BCUT2D eigenvalue weighted by atomic mass is 10.1. The number of carbonyl (C=O) groups is 1. The molecule has 1 heterocycles. The molecule has 0 fully saturated rings. The average molecular weight is 438 g/mol. The van der Waals surface area contributed by atoms with Crippen molar-refractivity contribution in [2.75, 3.05) is 12.4 Å². The summed E-state index contributed by atoms with van der Waals surface area (Å²) < 4.78 is 50.6. The molecule has 0 saturated carbocycles. The van der Waals surface area contributed by atoms with E-state index in [1.807, 2.05) is 0 Å². The molecule has 4 rings (SSSR count). The molecule has 3 aromatic carbocycles. The molecular formula is C24H17F3N2O3. The van der Waals surface area contributed by atoms with Crippen LogP contribution >= 0.6 is 0 Å². The van der Waals surface area contributed by atoms with Crippen LogP contribution in [0.1, 0.15) is 16.1 Å². The first-order valence-electron chi connectivity index (χ1n) is 9.54. The molecule has 0 atom stereocenters. The Hall–Kier alpha value is -4.07. The van der Waals surface area contributed by atoms with Crippen LogP contribution in [0.2, 0.25) is 0 Å². The second-order valence-corrected chi connectivity index (χ2v) is 6.82. The first-order valence-corrected chi connectivity index (χ1v) is 9.54. The van der Waals surface area contributed by atoms with Crippen molar-refractivity contribution in [1.29, 1.82) is 0 Å². The molecule has 0 spiro atoms. The zero-order valence-corrected chi connectivity index (χ0v) is 16.8.